The van der Waals surface area contributed by atoms with Gasteiger partial charge in [-0.25, -0.2) is 4.39 Å². The molecule has 0 radical (unpaired) electrons. The molecule has 0 bridgehead atoms. The summed E-state index contributed by atoms with van der Waals surface area (Å²) in [5, 5.41) is 11.8. The van der Waals surface area contributed by atoms with E-state index < -0.39 is 5.82 Å². The topological polar surface area (TPSA) is 52.9 Å². The Hall–Kier alpha value is -1.89. The van der Waals surface area contributed by atoms with Crippen LogP contribution in [0, 0.1) is 28.5 Å². The van der Waals surface area contributed by atoms with Gasteiger partial charge in [0, 0.05) is 5.41 Å². The Bertz CT molecular complexity index is 569. The smallest absolute Gasteiger partial charge is 0.230 e. The monoisotopic (exact) mass is 288 g/mol. The molecule has 1 aromatic carbocycles. The van der Waals surface area contributed by atoms with Crippen molar-refractivity contribution in [3.8, 4) is 6.07 Å². The van der Waals surface area contributed by atoms with E-state index in [0.717, 1.165) is 32.1 Å². The van der Waals surface area contributed by atoms with Gasteiger partial charge in [0.15, 0.2) is 0 Å². The molecule has 1 fully saturated rings. The second-order valence-corrected chi connectivity index (χ2v) is 6.31. The van der Waals surface area contributed by atoms with E-state index in [0.29, 0.717) is 5.92 Å². The van der Waals surface area contributed by atoms with Crippen LogP contribution in [0.25, 0.3) is 0 Å². The van der Waals surface area contributed by atoms with Gasteiger partial charge in [-0.3, -0.25) is 4.79 Å². The second kappa shape index (κ2) is 6.26. The van der Waals surface area contributed by atoms with Gasteiger partial charge in [-0.15, -0.1) is 0 Å². The zero-order valence-electron chi connectivity index (χ0n) is 12.6. The second-order valence-electron chi connectivity index (χ2n) is 6.31. The summed E-state index contributed by atoms with van der Waals surface area (Å²) in [5.74, 6) is -0.243. The molecule has 1 aliphatic carbocycles. The molecule has 21 heavy (non-hydrogen) atoms. The van der Waals surface area contributed by atoms with Crippen LogP contribution in [0.5, 0.6) is 0 Å². The van der Waals surface area contributed by atoms with E-state index in [4.69, 9.17) is 5.26 Å². The number of nitriles is 1. The predicted molar refractivity (Wildman–Crippen MR) is 80.1 cm³/mol. The number of benzene rings is 1. The van der Waals surface area contributed by atoms with Crippen molar-refractivity contribution in [3.05, 3.63) is 29.6 Å². The molecule has 1 aliphatic rings. The Morgan fingerprint density at radius 1 is 1.43 bits per heavy atom. The SMILES string of the molecule is CC(C)CC1(C(=O)Nc2cccc(F)c2C#N)CCCC1. The van der Waals surface area contributed by atoms with Crippen molar-refractivity contribution in [1.82, 2.24) is 0 Å². The lowest BCUT2D eigenvalue weighted by Crippen LogP contribution is -2.35. The van der Waals surface area contributed by atoms with E-state index in [-0.39, 0.29) is 22.6 Å². The van der Waals surface area contributed by atoms with Crippen LogP contribution in [0.3, 0.4) is 0 Å². The molecule has 0 aromatic heterocycles. The first kappa shape index (κ1) is 15.5. The van der Waals surface area contributed by atoms with Crippen LogP contribution in [-0.2, 0) is 4.79 Å². The molecular formula is C17H21FN2O. The van der Waals surface area contributed by atoms with Crippen LogP contribution in [0.2, 0.25) is 0 Å². The van der Waals surface area contributed by atoms with Crippen molar-refractivity contribution in [2.45, 2.75) is 46.0 Å². The van der Waals surface area contributed by atoms with Gasteiger partial charge in [-0.2, -0.15) is 5.26 Å². The van der Waals surface area contributed by atoms with E-state index in [9.17, 15) is 9.18 Å². The third-order valence-corrected chi connectivity index (χ3v) is 4.21. The van der Waals surface area contributed by atoms with Crippen molar-refractivity contribution in [1.29, 1.82) is 5.26 Å². The van der Waals surface area contributed by atoms with Crippen LogP contribution >= 0.6 is 0 Å². The summed E-state index contributed by atoms with van der Waals surface area (Å²) in [6.45, 7) is 4.21. The zero-order chi connectivity index (χ0) is 15.5. The fourth-order valence-corrected chi connectivity index (χ4v) is 3.35. The maximum atomic E-state index is 13.6. The number of rotatable bonds is 4. The molecule has 112 valence electrons. The molecule has 1 N–H and O–H groups in total. The van der Waals surface area contributed by atoms with Gasteiger partial charge in [0.25, 0.3) is 0 Å². The Morgan fingerprint density at radius 3 is 2.67 bits per heavy atom. The number of anilines is 1. The quantitative estimate of drug-likeness (QED) is 0.900. The molecule has 0 atom stereocenters. The van der Waals surface area contributed by atoms with Gasteiger partial charge in [0.2, 0.25) is 5.91 Å². The summed E-state index contributed by atoms with van der Waals surface area (Å²) in [7, 11) is 0. The lowest BCUT2D eigenvalue weighted by atomic mass is 9.77. The number of hydrogen-bond acceptors (Lipinski definition) is 2. The lowest BCUT2D eigenvalue weighted by Gasteiger charge is -2.29. The van der Waals surface area contributed by atoms with E-state index >= 15 is 0 Å². The third kappa shape index (κ3) is 3.24. The van der Waals surface area contributed by atoms with Crippen molar-refractivity contribution in [2.24, 2.45) is 11.3 Å². The number of hydrogen-bond donors (Lipinski definition) is 1. The molecule has 1 amide bonds. The largest absolute Gasteiger partial charge is 0.324 e. The molecule has 0 saturated heterocycles. The molecule has 0 unspecified atom stereocenters. The molecule has 1 aromatic rings. The summed E-state index contributed by atoms with van der Waals surface area (Å²) in [4.78, 5) is 12.7. The minimum atomic E-state index is -0.598. The molecule has 3 nitrogen and oxygen atoms in total. The average molecular weight is 288 g/mol. The maximum absolute atomic E-state index is 13.6. The molecule has 1 saturated carbocycles. The summed E-state index contributed by atoms with van der Waals surface area (Å²) >= 11 is 0. The molecule has 2 rings (SSSR count). The zero-order valence-corrected chi connectivity index (χ0v) is 12.6. The normalized spacial score (nSPS) is 16.7. The molecule has 4 heteroatoms. The van der Waals surface area contributed by atoms with Gasteiger partial charge in [0.1, 0.15) is 17.4 Å². The third-order valence-electron chi connectivity index (χ3n) is 4.21. The summed E-state index contributed by atoms with van der Waals surface area (Å²) in [6, 6.07) is 6.14. The molecule has 0 spiro atoms. The highest BCUT2D eigenvalue weighted by Crippen LogP contribution is 2.44. The van der Waals surface area contributed by atoms with Crippen LogP contribution in [-0.4, -0.2) is 5.91 Å². The van der Waals surface area contributed by atoms with E-state index in [2.05, 4.69) is 19.2 Å². The van der Waals surface area contributed by atoms with E-state index in [1.54, 1.807) is 6.07 Å². The van der Waals surface area contributed by atoms with Crippen LogP contribution in [0.4, 0.5) is 10.1 Å². The first-order valence-electron chi connectivity index (χ1n) is 7.48. The number of amides is 1. The fraction of sp³-hybridized carbons (Fsp3) is 0.529. The fourth-order valence-electron chi connectivity index (χ4n) is 3.35. The Morgan fingerprint density at radius 2 is 2.10 bits per heavy atom. The van der Waals surface area contributed by atoms with Gasteiger partial charge in [0.05, 0.1) is 5.69 Å². The van der Waals surface area contributed by atoms with Crippen LogP contribution < -0.4 is 5.32 Å². The number of carbonyl (C=O) groups is 1. The van der Waals surface area contributed by atoms with Gasteiger partial charge in [-0.05, 0) is 37.3 Å². The minimum absolute atomic E-state index is 0.0733. The standard InChI is InChI=1S/C17H21FN2O/c1-12(2)10-17(8-3-4-9-17)16(21)20-15-7-5-6-14(18)13(15)11-19/h5-7,12H,3-4,8-10H2,1-2H3,(H,20,21). The summed E-state index contributed by atoms with van der Waals surface area (Å²) in [5.41, 5.74) is -0.186. The van der Waals surface area contributed by atoms with Gasteiger partial charge >= 0.3 is 0 Å². The van der Waals surface area contributed by atoms with Crippen molar-refractivity contribution >= 4 is 11.6 Å². The Labute approximate surface area is 125 Å². The lowest BCUT2D eigenvalue weighted by molar-refractivity contribution is -0.126. The highest BCUT2D eigenvalue weighted by atomic mass is 19.1. The van der Waals surface area contributed by atoms with Gasteiger partial charge < -0.3 is 5.32 Å². The first-order chi connectivity index (χ1) is 9.98. The highest BCUT2D eigenvalue weighted by molar-refractivity contribution is 5.96. The molecular weight excluding hydrogens is 267 g/mol. The van der Waals surface area contributed by atoms with Crippen LogP contribution in [0.15, 0.2) is 18.2 Å². The maximum Gasteiger partial charge on any atom is 0.230 e. The predicted octanol–water partition coefficient (Wildman–Crippen LogP) is 4.24. The van der Waals surface area contributed by atoms with Crippen LogP contribution in [0.1, 0.15) is 51.5 Å². The molecule has 0 aliphatic heterocycles. The average Bonchev–Trinajstić information content (AvgIpc) is 2.88. The molecule has 0 heterocycles. The van der Waals surface area contributed by atoms with E-state index in [1.807, 2.05) is 6.07 Å². The Balaban J connectivity index is 2.24. The number of nitrogens with one attached hydrogen (secondary N) is 1. The van der Waals surface area contributed by atoms with E-state index in [1.165, 1.54) is 12.1 Å². The van der Waals surface area contributed by atoms with Crippen molar-refractivity contribution in [3.63, 3.8) is 0 Å². The number of halogens is 1. The minimum Gasteiger partial charge on any atom is -0.324 e. The highest BCUT2D eigenvalue weighted by Gasteiger charge is 2.41. The number of carbonyl (C=O) groups excluding carboxylic acids is 1. The van der Waals surface area contributed by atoms with Gasteiger partial charge in [-0.1, -0.05) is 32.8 Å². The van der Waals surface area contributed by atoms with Crippen molar-refractivity contribution in [2.75, 3.05) is 5.32 Å². The Kier molecular flexibility index (Phi) is 4.62. The summed E-state index contributed by atoms with van der Waals surface area (Å²) < 4.78 is 13.6. The number of nitrogens with zero attached hydrogens (tertiary/aromatic N) is 1. The summed E-state index contributed by atoms with van der Waals surface area (Å²) in [6.07, 6.45) is 4.67. The first-order valence-corrected chi connectivity index (χ1v) is 7.48. The van der Waals surface area contributed by atoms with Crippen molar-refractivity contribution < 1.29 is 9.18 Å².